The topological polar surface area (TPSA) is 84.3 Å². The van der Waals surface area contributed by atoms with Crippen molar-refractivity contribution in [2.45, 2.75) is 10.1 Å². The van der Waals surface area contributed by atoms with Crippen molar-refractivity contribution < 1.29 is 19.8 Å². The number of benzene rings is 2. The number of aliphatic hydroxyl groups excluding tert-OH is 1. The third-order valence-electron chi connectivity index (χ3n) is 5.52. The van der Waals surface area contributed by atoms with E-state index < -0.39 is 5.25 Å². The number of hydrogen-bond acceptors (Lipinski definition) is 6. The largest absolute Gasteiger partial charge is 0.508 e. The lowest BCUT2D eigenvalue weighted by Gasteiger charge is -2.37. The normalized spacial score (nSPS) is 19.6. The Morgan fingerprint density at radius 2 is 1.73 bits per heavy atom. The molecule has 0 radical (unpaired) electrons. The Morgan fingerprint density at radius 3 is 2.43 bits per heavy atom. The molecule has 2 aliphatic rings. The van der Waals surface area contributed by atoms with Crippen LogP contribution in [0.25, 0.3) is 0 Å². The first kappa shape index (κ1) is 20.7. The highest BCUT2D eigenvalue weighted by atomic mass is 32.2. The molecule has 0 aliphatic carbocycles. The van der Waals surface area contributed by atoms with E-state index in [1.165, 1.54) is 11.8 Å². The third-order valence-corrected chi connectivity index (χ3v) is 6.83. The number of fused-ring (bicyclic) bond motifs is 1. The number of amides is 2. The lowest BCUT2D eigenvalue weighted by Crippen LogP contribution is -2.53. The first-order chi connectivity index (χ1) is 14.6. The second kappa shape index (κ2) is 9.07. The molecule has 2 aliphatic heterocycles. The summed E-state index contributed by atoms with van der Waals surface area (Å²) in [5, 5.41) is 18.2. The molecule has 2 aromatic rings. The lowest BCUT2D eigenvalue weighted by atomic mass is 10.1. The minimum Gasteiger partial charge on any atom is -0.508 e. The van der Waals surface area contributed by atoms with E-state index in [4.69, 9.17) is 5.11 Å². The molecule has 158 valence electrons. The van der Waals surface area contributed by atoms with Crippen molar-refractivity contribution >= 4 is 29.3 Å². The van der Waals surface area contributed by atoms with E-state index in [0.29, 0.717) is 19.6 Å². The molecule has 30 heavy (non-hydrogen) atoms. The number of nitrogens with zero attached hydrogens (tertiary/aromatic N) is 3. The summed E-state index contributed by atoms with van der Waals surface area (Å²) >= 11 is 1.47. The van der Waals surface area contributed by atoms with Gasteiger partial charge in [0.15, 0.2) is 0 Å². The molecule has 0 saturated carbocycles. The molecule has 0 aromatic heterocycles. The summed E-state index contributed by atoms with van der Waals surface area (Å²) in [4.78, 5) is 32.8. The number of thioether (sulfide) groups is 1. The van der Waals surface area contributed by atoms with E-state index in [9.17, 15) is 14.7 Å². The molecule has 0 bridgehead atoms. The van der Waals surface area contributed by atoms with Gasteiger partial charge in [0.05, 0.1) is 12.3 Å². The Labute approximate surface area is 179 Å². The molecule has 1 saturated heterocycles. The van der Waals surface area contributed by atoms with E-state index in [0.717, 1.165) is 29.2 Å². The fraction of sp³-hybridized carbons (Fsp3) is 0.364. The number of rotatable bonds is 5. The second-order valence-electron chi connectivity index (χ2n) is 7.43. The SMILES string of the molecule is O=C(CN1C(=O)C(c2ccc(O)cc2)Sc2ccccc21)N1CCN(CCO)CC1. The first-order valence-electron chi connectivity index (χ1n) is 10.0. The van der Waals surface area contributed by atoms with Crippen molar-refractivity contribution in [3.05, 3.63) is 54.1 Å². The van der Waals surface area contributed by atoms with Crippen LogP contribution < -0.4 is 4.90 Å². The lowest BCUT2D eigenvalue weighted by molar-refractivity contribution is -0.133. The number of carbonyl (C=O) groups excluding carboxylic acids is 2. The van der Waals surface area contributed by atoms with E-state index in [-0.39, 0.29) is 30.7 Å². The molecule has 1 fully saturated rings. The molecular formula is C22H25N3O4S. The van der Waals surface area contributed by atoms with Crippen LogP contribution >= 0.6 is 11.8 Å². The van der Waals surface area contributed by atoms with Crippen LogP contribution in [0.3, 0.4) is 0 Å². The summed E-state index contributed by atoms with van der Waals surface area (Å²) in [6.45, 7) is 3.38. The van der Waals surface area contributed by atoms with Crippen LogP contribution in [0, 0.1) is 0 Å². The molecule has 4 rings (SSSR count). The van der Waals surface area contributed by atoms with Gasteiger partial charge in [0.25, 0.3) is 0 Å². The van der Waals surface area contributed by atoms with Crippen LogP contribution in [0.5, 0.6) is 5.75 Å². The van der Waals surface area contributed by atoms with Crippen LogP contribution in [-0.2, 0) is 9.59 Å². The molecule has 8 heteroatoms. The molecular weight excluding hydrogens is 402 g/mol. The van der Waals surface area contributed by atoms with Crippen molar-refractivity contribution in [1.29, 1.82) is 0 Å². The number of β-amino-alcohol motifs (C(OH)–C–C–N with tert-alkyl or cyclic N) is 1. The van der Waals surface area contributed by atoms with E-state index in [1.807, 2.05) is 24.3 Å². The highest BCUT2D eigenvalue weighted by Crippen LogP contribution is 2.46. The monoisotopic (exact) mass is 427 g/mol. The van der Waals surface area contributed by atoms with Gasteiger partial charge < -0.3 is 20.0 Å². The van der Waals surface area contributed by atoms with Crippen LogP contribution in [0.4, 0.5) is 5.69 Å². The van der Waals surface area contributed by atoms with E-state index >= 15 is 0 Å². The van der Waals surface area contributed by atoms with Gasteiger partial charge in [0.2, 0.25) is 11.8 Å². The van der Waals surface area contributed by atoms with Gasteiger partial charge in [-0.05, 0) is 29.8 Å². The zero-order chi connectivity index (χ0) is 21.1. The van der Waals surface area contributed by atoms with Crippen LogP contribution in [-0.4, -0.2) is 77.7 Å². The van der Waals surface area contributed by atoms with E-state index in [1.54, 1.807) is 34.1 Å². The highest BCUT2D eigenvalue weighted by Gasteiger charge is 2.36. The van der Waals surface area contributed by atoms with Crippen molar-refractivity contribution in [2.75, 3.05) is 50.8 Å². The number of carbonyl (C=O) groups is 2. The minimum absolute atomic E-state index is 0.00495. The Hall–Kier alpha value is -2.55. The number of para-hydroxylation sites is 1. The maximum atomic E-state index is 13.4. The molecule has 0 spiro atoms. The molecule has 2 N–H and O–H groups in total. The van der Waals surface area contributed by atoms with Gasteiger partial charge >= 0.3 is 0 Å². The van der Waals surface area contributed by atoms with Crippen LogP contribution in [0.1, 0.15) is 10.8 Å². The Bertz CT molecular complexity index is 913. The molecule has 2 heterocycles. The van der Waals surface area contributed by atoms with Crippen LogP contribution in [0.15, 0.2) is 53.4 Å². The number of aromatic hydroxyl groups is 1. The van der Waals surface area contributed by atoms with Gasteiger partial charge in [0, 0.05) is 37.6 Å². The number of phenolic OH excluding ortho intramolecular Hbond substituents is 1. The molecule has 2 aromatic carbocycles. The number of piperazine rings is 1. The van der Waals surface area contributed by atoms with Gasteiger partial charge in [-0.25, -0.2) is 0 Å². The summed E-state index contributed by atoms with van der Waals surface area (Å²) < 4.78 is 0. The predicted octanol–water partition coefficient (Wildman–Crippen LogP) is 1.71. The second-order valence-corrected chi connectivity index (χ2v) is 8.57. The summed E-state index contributed by atoms with van der Waals surface area (Å²) in [6.07, 6.45) is 0. The average Bonchev–Trinajstić information content (AvgIpc) is 2.77. The van der Waals surface area contributed by atoms with Crippen LogP contribution in [0.2, 0.25) is 0 Å². The quantitative estimate of drug-likeness (QED) is 0.756. The molecule has 7 nitrogen and oxygen atoms in total. The fourth-order valence-corrected chi connectivity index (χ4v) is 5.07. The number of hydrogen-bond donors (Lipinski definition) is 2. The van der Waals surface area contributed by atoms with Crippen molar-refractivity contribution in [1.82, 2.24) is 9.80 Å². The summed E-state index contributed by atoms with van der Waals surface area (Å²) in [5.74, 6) is -0.0467. The summed E-state index contributed by atoms with van der Waals surface area (Å²) in [5.41, 5.74) is 1.56. The highest BCUT2D eigenvalue weighted by molar-refractivity contribution is 8.00. The van der Waals surface area contributed by atoms with Gasteiger partial charge in [-0.15, -0.1) is 11.8 Å². The van der Waals surface area contributed by atoms with E-state index in [2.05, 4.69) is 4.90 Å². The Balaban J connectivity index is 1.53. The number of phenols is 1. The minimum atomic E-state index is -0.463. The number of anilines is 1. The third kappa shape index (κ3) is 4.30. The molecule has 2 amide bonds. The van der Waals surface area contributed by atoms with Crippen molar-refractivity contribution in [3.8, 4) is 5.75 Å². The average molecular weight is 428 g/mol. The van der Waals surface area contributed by atoms with Gasteiger partial charge in [-0.1, -0.05) is 24.3 Å². The Morgan fingerprint density at radius 1 is 1.03 bits per heavy atom. The number of aliphatic hydroxyl groups is 1. The zero-order valence-electron chi connectivity index (χ0n) is 16.6. The summed E-state index contributed by atoms with van der Waals surface area (Å²) in [7, 11) is 0. The molecule has 1 atom stereocenters. The van der Waals surface area contributed by atoms with Gasteiger partial charge in [-0.2, -0.15) is 0 Å². The Kier molecular flexibility index (Phi) is 6.26. The standard InChI is InChI=1S/C22H25N3O4S/c26-14-13-23-9-11-24(12-10-23)20(28)15-25-18-3-1-2-4-19(18)30-21(22(25)29)16-5-7-17(27)8-6-16/h1-8,21,26-27H,9-15H2. The fourth-order valence-electron chi connectivity index (χ4n) is 3.84. The van der Waals surface area contributed by atoms with Gasteiger partial charge in [-0.3, -0.25) is 14.5 Å². The van der Waals surface area contributed by atoms with Crippen molar-refractivity contribution in [2.24, 2.45) is 0 Å². The predicted molar refractivity (Wildman–Crippen MR) is 116 cm³/mol. The first-order valence-corrected chi connectivity index (χ1v) is 10.9. The maximum Gasteiger partial charge on any atom is 0.245 e. The molecule has 1 unspecified atom stereocenters. The van der Waals surface area contributed by atoms with Gasteiger partial charge in [0.1, 0.15) is 17.5 Å². The zero-order valence-corrected chi connectivity index (χ0v) is 17.4. The van der Waals surface area contributed by atoms with Crippen molar-refractivity contribution in [3.63, 3.8) is 0 Å². The smallest absolute Gasteiger partial charge is 0.245 e. The summed E-state index contributed by atoms with van der Waals surface area (Å²) in [6, 6.07) is 14.3. The maximum absolute atomic E-state index is 13.4.